The van der Waals surface area contributed by atoms with E-state index in [1.54, 1.807) is 6.92 Å². The number of sulfone groups is 1. The van der Waals surface area contributed by atoms with Crippen LogP contribution in [0.4, 0.5) is 9.18 Å². The number of hydrogen-bond acceptors (Lipinski definition) is 5. The van der Waals surface area contributed by atoms with Crippen LogP contribution in [0.25, 0.3) is 5.69 Å². The van der Waals surface area contributed by atoms with Crippen LogP contribution in [0.3, 0.4) is 0 Å². The lowest BCUT2D eigenvalue weighted by molar-refractivity contribution is 0.194. The van der Waals surface area contributed by atoms with E-state index in [2.05, 4.69) is 15.4 Å². The molecule has 2 heterocycles. The lowest BCUT2D eigenvalue weighted by Crippen LogP contribution is -2.23. The normalized spacial score (nSPS) is 11.4. The highest BCUT2D eigenvalue weighted by molar-refractivity contribution is 7.91. The average Bonchev–Trinajstić information content (AvgIpc) is 3.08. The van der Waals surface area contributed by atoms with Crippen LogP contribution in [0, 0.1) is 12.7 Å². The first-order valence-corrected chi connectivity index (χ1v) is 10.2. The summed E-state index contributed by atoms with van der Waals surface area (Å²) >= 11 is 5.74. The molecule has 2 N–H and O–H groups in total. The monoisotopic (exact) mass is 438 g/mol. The third-order valence-corrected chi connectivity index (χ3v) is 6.00. The van der Waals surface area contributed by atoms with Crippen molar-refractivity contribution < 1.29 is 22.7 Å². The van der Waals surface area contributed by atoms with E-state index in [1.165, 1.54) is 36.4 Å². The van der Waals surface area contributed by atoms with E-state index >= 15 is 0 Å². The highest BCUT2D eigenvalue weighted by atomic mass is 35.5. The van der Waals surface area contributed by atoms with Gasteiger partial charge in [0.25, 0.3) is 0 Å². The van der Waals surface area contributed by atoms with E-state index < -0.39 is 21.7 Å². The van der Waals surface area contributed by atoms with Crippen molar-refractivity contribution in [3.8, 4) is 5.69 Å². The number of halogens is 2. The van der Waals surface area contributed by atoms with E-state index in [-0.39, 0.29) is 33.7 Å². The van der Waals surface area contributed by atoms with Crippen molar-refractivity contribution in [1.82, 2.24) is 20.1 Å². The zero-order valence-electron chi connectivity index (χ0n) is 15.1. The summed E-state index contributed by atoms with van der Waals surface area (Å²) in [7, 11) is -4.06. The molecule has 0 aliphatic heterocycles. The summed E-state index contributed by atoms with van der Waals surface area (Å²) in [5.74, 6) is -0.549. The van der Waals surface area contributed by atoms with Gasteiger partial charge in [0.05, 0.1) is 16.3 Å². The van der Waals surface area contributed by atoms with Gasteiger partial charge in [0.1, 0.15) is 11.0 Å². The summed E-state index contributed by atoms with van der Waals surface area (Å²) in [4.78, 5) is 14.3. The van der Waals surface area contributed by atoms with Gasteiger partial charge in [-0.1, -0.05) is 17.7 Å². The van der Waals surface area contributed by atoms with Gasteiger partial charge >= 0.3 is 6.09 Å². The third kappa shape index (κ3) is 4.54. The zero-order chi connectivity index (χ0) is 21.2. The van der Waals surface area contributed by atoms with Crippen LogP contribution in [0.5, 0.6) is 0 Å². The fourth-order valence-corrected chi connectivity index (χ4v) is 4.10. The number of hydrogen-bond donors (Lipinski definition) is 2. The number of rotatable bonds is 6. The molecular weight excluding hydrogens is 423 g/mol. The van der Waals surface area contributed by atoms with Gasteiger partial charge in [-0.2, -0.15) is 5.10 Å². The predicted molar refractivity (Wildman–Crippen MR) is 103 cm³/mol. The molecule has 152 valence electrons. The maximum absolute atomic E-state index is 13.8. The fraction of sp³-hybridized carbons (Fsp3) is 0.167. The first kappa shape index (κ1) is 20.7. The van der Waals surface area contributed by atoms with Crippen LogP contribution in [-0.4, -0.2) is 40.9 Å². The molecule has 1 aromatic carbocycles. The Labute approximate surface area is 170 Å². The maximum atomic E-state index is 13.8. The quantitative estimate of drug-likeness (QED) is 0.572. The number of aromatic nitrogens is 3. The fourth-order valence-electron chi connectivity index (χ4n) is 2.65. The molecule has 0 spiro atoms. The Morgan fingerprint density at radius 2 is 2.03 bits per heavy atom. The summed E-state index contributed by atoms with van der Waals surface area (Å²) in [6.07, 6.45) is 0.0687. The minimum atomic E-state index is -4.06. The molecule has 3 rings (SSSR count). The second-order valence-electron chi connectivity index (χ2n) is 6.12. The maximum Gasteiger partial charge on any atom is 0.404 e. The first-order valence-electron chi connectivity index (χ1n) is 8.37. The molecule has 0 fully saturated rings. The number of nitrogens with one attached hydrogen (secondary N) is 1. The number of nitrogens with zero attached hydrogens (tertiary/aromatic N) is 3. The standard InChI is InChI=1S/C18H16ClFN4O4S/c1-11-2-3-12(20)8-15(11)24-17(9-13(23-24)6-7-21-18(25)26)29(27,28)14-4-5-16(19)22-10-14/h2-5,8-10,21H,6-7H2,1H3,(H,25,26). The molecule has 1 amide bonds. The Hall–Kier alpha value is -2.98. The van der Waals surface area contributed by atoms with Gasteiger partial charge in [0.15, 0.2) is 5.03 Å². The Morgan fingerprint density at radius 3 is 2.69 bits per heavy atom. The van der Waals surface area contributed by atoms with Crippen LogP contribution >= 0.6 is 11.6 Å². The smallest absolute Gasteiger partial charge is 0.404 e. The predicted octanol–water partition coefficient (Wildman–Crippen LogP) is 3.01. The van der Waals surface area contributed by atoms with Crippen molar-refractivity contribution in [1.29, 1.82) is 0 Å². The summed E-state index contributed by atoms with van der Waals surface area (Å²) < 4.78 is 41.3. The first-order chi connectivity index (χ1) is 13.7. The number of aryl methyl sites for hydroxylation is 1. The van der Waals surface area contributed by atoms with Gasteiger partial charge in [-0.3, -0.25) is 0 Å². The lowest BCUT2D eigenvalue weighted by Gasteiger charge is -2.11. The number of amides is 1. The van der Waals surface area contributed by atoms with Gasteiger partial charge in [0, 0.05) is 19.2 Å². The molecule has 0 bridgehead atoms. The van der Waals surface area contributed by atoms with Crippen molar-refractivity contribution in [2.75, 3.05) is 6.54 Å². The van der Waals surface area contributed by atoms with Crippen molar-refractivity contribution in [2.24, 2.45) is 0 Å². The van der Waals surface area contributed by atoms with Crippen molar-refractivity contribution >= 4 is 27.5 Å². The van der Waals surface area contributed by atoms with E-state index in [0.717, 1.165) is 10.9 Å². The van der Waals surface area contributed by atoms with E-state index in [1.807, 2.05) is 0 Å². The number of carbonyl (C=O) groups is 1. The lowest BCUT2D eigenvalue weighted by atomic mass is 10.2. The number of carboxylic acid groups (broad SMARTS) is 1. The van der Waals surface area contributed by atoms with Crippen LogP contribution in [0.15, 0.2) is 52.5 Å². The molecule has 0 aliphatic carbocycles. The largest absolute Gasteiger partial charge is 0.465 e. The van der Waals surface area contributed by atoms with Crippen molar-refractivity contribution in [3.63, 3.8) is 0 Å². The average molecular weight is 439 g/mol. The minimum Gasteiger partial charge on any atom is -0.465 e. The van der Waals surface area contributed by atoms with Crippen molar-refractivity contribution in [2.45, 2.75) is 23.3 Å². The SMILES string of the molecule is Cc1ccc(F)cc1-n1nc(CCNC(=O)O)cc1S(=O)(=O)c1ccc(Cl)nc1. The molecule has 0 saturated carbocycles. The van der Waals surface area contributed by atoms with E-state index in [9.17, 15) is 17.6 Å². The molecule has 3 aromatic rings. The molecule has 29 heavy (non-hydrogen) atoms. The minimum absolute atomic E-state index is 0.0382. The van der Waals surface area contributed by atoms with Crippen LogP contribution in [0.2, 0.25) is 5.15 Å². The Balaban J connectivity index is 2.13. The Kier molecular flexibility index (Phi) is 5.85. The molecule has 2 aromatic heterocycles. The van der Waals surface area contributed by atoms with Crippen LogP contribution in [0.1, 0.15) is 11.3 Å². The molecule has 11 heteroatoms. The topological polar surface area (TPSA) is 114 Å². The Bertz CT molecular complexity index is 1160. The summed E-state index contributed by atoms with van der Waals surface area (Å²) in [6.45, 7) is 1.73. The molecule has 0 radical (unpaired) electrons. The molecule has 0 aliphatic rings. The molecule has 0 unspecified atom stereocenters. The highest BCUT2D eigenvalue weighted by Crippen LogP contribution is 2.26. The summed E-state index contributed by atoms with van der Waals surface area (Å²) in [5, 5.41) is 15.1. The zero-order valence-corrected chi connectivity index (χ0v) is 16.7. The van der Waals surface area contributed by atoms with Crippen molar-refractivity contribution in [3.05, 3.63) is 64.8 Å². The number of pyridine rings is 1. The third-order valence-electron chi connectivity index (χ3n) is 4.07. The molecular formula is C18H16ClFN4O4S. The summed E-state index contributed by atoms with van der Waals surface area (Å²) in [5.41, 5.74) is 1.18. The van der Waals surface area contributed by atoms with Crippen LogP contribution < -0.4 is 5.32 Å². The van der Waals surface area contributed by atoms with Crippen LogP contribution in [-0.2, 0) is 16.3 Å². The summed E-state index contributed by atoms with van der Waals surface area (Å²) in [6, 6.07) is 7.94. The van der Waals surface area contributed by atoms with Gasteiger partial charge in [-0.05, 0) is 42.8 Å². The second kappa shape index (κ2) is 8.18. The van der Waals surface area contributed by atoms with E-state index in [4.69, 9.17) is 16.7 Å². The molecule has 0 saturated heterocycles. The van der Waals surface area contributed by atoms with Gasteiger partial charge < -0.3 is 10.4 Å². The molecule has 8 nitrogen and oxygen atoms in total. The Morgan fingerprint density at radius 1 is 1.28 bits per heavy atom. The number of benzene rings is 1. The van der Waals surface area contributed by atoms with Gasteiger partial charge in [0.2, 0.25) is 9.84 Å². The molecule has 0 atom stereocenters. The second-order valence-corrected chi connectivity index (χ2v) is 8.40. The highest BCUT2D eigenvalue weighted by Gasteiger charge is 2.26. The van der Waals surface area contributed by atoms with E-state index in [0.29, 0.717) is 11.3 Å². The van der Waals surface area contributed by atoms with Gasteiger partial charge in [-0.25, -0.2) is 27.3 Å². The van der Waals surface area contributed by atoms with Gasteiger partial charge in [-0.15, -0.1) is 0 Å².